The van der Waals surface area contributed by atoms with E-state index in [2.05, 4.69) is 37.4 Å². The van der Waals surface area contributed by atoms with E-state index in [1.807, 2.05) is 26.8 Å². The predicted octanol–water partition coefficient (Wildman–Crippen LogP) is 4.00. The minimum absolute atomic E-state index is 0.181. The van der Waals surface area contributed by atoms with Gasteiger partial charge >= 0.3 is 0 Å². The number of rotatable bonds is 7. The lowest BCUT2D eigenvalue weighted by Crippen LogP contribution is -2.84. The second-order valence-electron chi connectivity index (χ2n) is 7.43. The Labute approximate surface area is 180 Å². The fraction of sp³-hybridized carbons (Fsp3) is 0.360. The first kappa shape index (κ1) is 23.4. The van der Waals surface area contributed by atoms with Crippen LogP contribution in [0.25, 0.3) is 5.70 Å². The van der Waals surface area contributed by atoms with Crippen LogP contribution >= 0.6 is 0 Å². The highest BCUT2D eigenvalue weighted by Crippen LogP contribution is 2.23. The molecule has 1 heterocycles. The Hall–Kier alpha value is -2.92. The van der Waals surface area contributed by atoms with Gasteiger partial charge in [-0.3, -0.25) is 14.5 Å². The Balaban J connectivity index is 0.00000155. The van der Waals surface area contributed by atoms with Crippen molar-refractivity contribution in [3.05, 3.63) is 70.8 Å². The topological polar surface area (TPSA) is 80.0 Å². The zero-order valence-electron chi connectivity index (χ0n) is 18.7. The highest BCUT2D eigenvalue weighted by molar-refractivity contribution is 6.21. The van der Waals surface area contributed by atoms with E-state index < -0.39 is 0 Å². The van der Waals surface area contributed by atoms with Crippen molar-refractivity contribution in [2.24, 2.45) is 5.73 Å². The number of fused-ring (bicyclic) bond motifs is 1. The van der Waals surface area contributed by atoms with Gasteiger partial charge in [-0.2, -0.15) is 0 Å². The van der Waals surface area contributed by atoms with Crippen LogP contribution in [-0.2, 0) is 0 Å². The third kappa shape index (κ3) is 5.16. The van der Waals surface area contributed by atoms with Gasteiger partial charge in [-0.05, 0) is 51.0 Å². The summed E-state index contributed by atoms with van der Waals surface area (Å²) in [7, 11) is 0. The highest BCUT2D eigenvalue weighted by atomic mass is 16.2. The van der Waals surface area contributed by atoms with Gasteiger partial charge in [0, 0.05) is 24.7 Å². The number of hydrogen-bond acceptors (Lipinski definition) is 3. The summed E-state index contributed by atoms with van der Waals surface area (Å²) in [6.45, 7) is 10.6. The van der Waals surface area contributed by atoms with E-state index in [4.69, 9.17) is 5.73 Å². The normalized spacial score (nSPS) is 14.3. The molecule has 160 valence electrons. The molecule has 1 atom stereocenters. The number of imide groups is 1. The molecule has 2 aromatic carbocycles. The number of carbonyl (C=O) groups excluding carboxylic acids is 2. The van der Waals surface area contributed by atoms with Gasteiger partial charge in [-0.1, -0.05) is 38.1 Å². The summed E-state index contributed by atoms with van der Waals surface area (Å²) in [5, 5.41) is 2.22. The summed E-state index contributed by atoms with van der Waals surface area (Å²) in [4.78, 5) is 26.3. The van der Waals surface area contributed by atoms with E-state index in [1.165, 1.54) is 10.5 Å². The molecule has 2 aromatic rings. The van der Waals surface area contributed by atoms with Crippen molar-refractivity contribution in [1.82, 2.24) is 4.90 Å². The van der Waals surface area contributed by atoms with Gasteiger partial charge in [0.1, 0.15) is 5.69 Å². The summed E-state index contributed by atoms with van der Waals surface area (Å²) in [5.74, 6) is -0.363. The van der Waals surface area contributed by atoms with Crippen LogP contribution in [0.5, 0.6) is 0 Å². The summed E-state index contributed by atoms with van der Waals surface area (Å²) in [5.41, 5.74) is 11.3. The minimum atomic E-state index is -0.181. The standard InChI is InChI=1S/C23H27N3O2.C2H6/c1-4-20(24)19-12-11-15(2)14-21(19)25-16(3)8-7-13-26-22(27)17-9-5-6-10-18(17)23(26)28;1-2/h4-6,9-12,14,16,25H,7-8,13,24H2,1-3H3;1-2H3/p+1/b20-4+;. The molecule has 0 aliphatic carbocycles. The average molecular weight is 409 g/mol. The van der Waals surface area contributed by atoms with E-state index in [-0.39, 0.29) is 11.8 Å². The first-order valence-electron chi connectivity index (χ1n) is 10.7. The summed E-state index contributed by atoms with van der Waals surface area (Å²) in [6, 6.07) is 13.6. The Kier molecular flexibility index (Phi) is 8.36. The van der Waals surface area contributed by atoms with Gasteiger partial charge in [0.2, 0.25) is 0 Å². The number of hydrogen-bond donors (Lipinski definition) is 2. The third-order valence-electron chi connectivity index (χ3n) is 5.21. The maximum Gasteiger partial charge on any atom is 0.261 e. The Morgan fingerprint density at radius 1 is 1.10 bits per heavy atom. The zero-order valence-corrected chi connectivity index (χ0v) is 18.7. The van der Waals surface area contributed by atoms with Crippen molar-refractivity contribution in [2.45, 2.75) is 53.5 Å². The summed E-state index contributed by atoms with van der Waals surface area (Å²) >= 11 is 0. The van der Waals surface area contributed by atoms with Crippen LogP contribution in [0, 0.1) is 6.92 Å². The minimum Gasteiger partial charge on any atom is -0.398 e. The molecule has 0 saturated carbocycles. The van der Waals surface area contributed by atoms with Gasteiger partial charge in [0.25, 0.3) is 11.8 Å². The van der Waals surface area contributed by atoms with Crippen molar-refractivity contribution in [3.8, 4) is 0 Å². The molecule has 0 aromatic heterocycles. The van der Waals surface area contributed by atoms with Crippen LogP contribution in [0.15, 0.2) is 48.5 Å². The smallest absolute Gasteiger partial charge is 0.261 e. The predicted molar refractivity (Wildman–Crippen MR) is 122 cm³/mol. The Bertz CT molecular complexity index is 899. The molecule has 0 radical (unpaired) electrons. The summed E-state index contributed by atoms with van der Waals surface area (Å²) in [6.07, 6.45) is 3.56. The lowest BCUT2D eigenvalue weighted by atomic mass is 10.0. The highest BCUT2D eigenvalue weighted by Gasteiger charge is 2.34. The maximum absolute atomic E-state index is 12.4. The second kappa shape index (κ2) is 10.7. The number of carbonyl (C=O) groups is 2. The van der Waals surface area contributed by atoms with E-state index in [0.29, 0.717) is 23.7 Å². The maximum atomic E-state index is 12.4. The number of nitrogens with zero attached hydrogens (tertiary/aromatic N) is 1. The van der Waals surface area contributed by atoms with Crippen LogP contribution in [0.1, 0.15) is 72.4 Å². The number of amides is 2. The summed E-state index contributed by atoms with van der Waals surface area (Å²) < 4.78 is 0. The van der Waals surface area contributed by atoms with E-state index in [0.717, 1.165) is 29.8 Å². The largest absolute Gasteiger partial charge is 0.398 e. The first-order chi connectivity index (χ1) is 14.4. The van der Waals surface area contributed by atoms with Crippen molar-refractivity contribution < 1.29 is 14.9 Å². The monoisotopic (exact) mass is 408 g/mol. The quantitative estimate of drug-likeness (QED) is 0.537. The van der Waals surface area contributed by atoms with Gasteiger partial charge in [0.15, 0.2) is 0 Å². The molecule has 3 rings (SSSR count). The van der Waals surface area contributed by atoms with Gasteiger partial charge in [0.05, 0.1) is 22.7 Å². The van der Waals surface area contributed by atoms with E-state index >= 15 is 0 Å². The molecule has 30 heavy (non-hydrogen) atoms. The van der Waals surface area contributed by atoms with Crippen LogP contribution in [0.2, 0.25) is 0 Å². The first-order valence-corrected chi connectivity index (χ1v) is 10.7. The average Bonchev–Trinajstić information content (AvgIpc) is 3.00. The van der Waals surface area contributed by atoms with Gasteiger partial charge in [-0.25, -0.2) is 0 Å². The zero-order chi connectivity index (χ0) is 22.3. The van der Waals surface area contributed by atoms with Crippen LogP contribution in [0.4, 0.5) is 5.69 Å². The van der Waals surface area contributed by atoms with E-state index in [9.17, 15) is 9.59 Å². The number of benzene rings is 2. The number of nitrogens with two attached hydrogens (primary N) is 2. The molecule has 1 unspecified atom stereocenters. The van der Waals surface area contributed by atoms with Crippen LogP contribution in [0.3, 0.4) is 0 Å². The Morgan fingerprint density at radius 2 is 1.70 bits per heavy atom. The van der Waals surface area contributed by atoms with E-state index in [1.54, 1.807) is 24.3 Å². The molecule has 0 saturated heterocycles. The van der Waals surface area contributed by atoms with Crippen molar-refractivity contribution in [2.75, 3.05) is 6.54 Å². The van der Waals surface area contributed by atoms with Gasteiger partial charge < -0.3 is 11.1 Å². The molecule has 0 fully saturated rings. The molecule has 5 heteroatoms. The lowest BCUT2D eigenvalue weighted by molar-refractivity contribution is -0.608. The molecule has 5 nitrogen and oxygen atoms in total. The van der Waals surface area contributed by atoms with Crippen molar-refractivity contribution in [1.29, 1.82) is 0 Å². The SMILES string of the molecule is C/C=C(/N)c1ccc(C)cc1[NH2+]C(C)CCCN1C(=O)c2ccccc2C1=O.CC. The van der Waals surface area contributed by atoms with Gasteiger partial charge in [-0.15, -0.1) is 0 Å². The molecule has 4 N–H and O–H groups in total. The van der Waals surface area contributed by atoms with Crippen molar-refractivity contribution in [3.63, 3.8) is 0 Å². The number of aryl methyl sites for hydroxylation is 1. The molecular weight excluding hydrogens is 374 g/mol. The number of allylic oxidation sites excluding steroid dienone is 1. The van der Waals surface area contributed by atoms with Crippen LogP contribution in [-0.4, -0.2) is 29.3 Å². The second-order valence-corrected chi connectivity index (χ2v) is 7.43. The number of quaternary nitrogens is 1. The molecule has 2 amide bonds. The van der Waals surface area contributed by atoms with Crippen LogP contribution < -0.4 is 11.1 Å². The Morgan fingerprint density at radius 3 is 2.27 bits per heavy atom. The molecule has 1 aliphatic rings. The fourth-order valence-corrected chi connectivity index (χ4v) is 3.64. The third-order valence-corrected chi connectivity index (χ3v) is 5.21. The molecule has 0 bridgehead atoms. The van der Waals surface area contributed by atoms with Crippen molar-refractivity contribution >= 4 is 23.2 Å². The molecule has 1 aliphatic heterocycles. The fourth-order valence-electron chi connectivity index (χ4n) is 3.64. The molecule has 0 spiro atoms. The lowest BCUT2D eigenvalue weighted by Gasteiger charge is -2.17. The molecular formula is C25H34N3O2+.